The van der Waals surface area contributed by atoms with E-state index in [0.29, 0.717) is 6.42 Å². The Morgan fingerprint density at radius 2 is 1.90 bits per heavy atom. The van der Waals surface area contributed by atoms with Gasteiger partial charge in [0.05, 0.1) is 23.8 Å². The summed E-state index contributed by atoms with van der Waals surface area (Å²) in [5, 5.41) is 2.36. The summed E-state index contributed by atoms with van der Waals surface area (Å²) in [6.07, 6.45) is 2.28. The minimum absolute atomic E-state index is 0.554. The number of nitrogens with zero attached hydrogens (tertiary/aromatic N) is 2. The highest BCUT2D eigenvalue weighted by molar-refractivity contribution is 6.05. The predicted octanol–water partition coefficient (Wildman–Crippen LogP) is 6.35. The molecule has 2 aromatic heterocycles. The number of ether oxygens (including phenoxy) is 1. The summed E-state index contributed by atoms with van der Waals surface area (Å²) in [7, 11) is 2.07. The molecule has 0 amide bonds. The van der Waals surface area contributed by atoms with Crippen LogP contribution >= 0.6 is 0 Å². The van der Waals surface area contributed by atoms with E-state index in [1.54, 1.807) is 6.26 Å². The molecule has 0 radical (unpaired) electrons. The van der Waals surface area contributed by atoms with Crippen molar-refractivity contribution in [3.63, 3.8) is 0 Å². The van der Waals surface area contributed by atoms with Crippen molar-refractivity contribution in [2.45, 2.75) is 46.6 Å². The van der Waals surface area contributed by atoms with Crippen molar-refractivity contribution in [3.8, 4) is 22.8 Å². The first-order chi connectivity index (χ1) is 14.2. The Morgan fingerprint density at radius 3 is 2.63 bits per heavy atom. The molecular formula is C26H25N2O2+. The van der Waals surface area contributed by atoms with Gasteiger partial charge in [-0.25, -0.2) is 6.57 Å². The van der Waals surface area contributed by atoms with E-state index in [9.17, 15) is 0 Å². The molecule has 3 heterocycles. The largest absolute Gasteiger partial charge is 0.457 e. The van der Waals surface area contributed by atoms with Crippen LogP contribution in [-0.4, -0.2) is 5.54 Å². The molecule has 0 aliphatic carbocycles. The number of pyridine rings is 1. The number of furan rings is 1. The predicted molar refractivity (Wildman–Crippen MR) is 119 cm³/mol. The van der Waals surface area contributed by atoms with Crippen molar-refractivity contribution < 1.29 is 13.7 Å². The molecule has 0 fully saturated rings. The van der Waals surface area contributed by atoms with Gasteiger partial charge in [0, 0.05) is 25.3 Å². The van der Waals surface area contributed by atoms with E-state index in [2.05, 4.69) is 55.4 Å². The lowest BCUT2D eigenvalue weighted by Gasteiger charge is -2.25. The fourth-order valence-corrected chi connectivity index (χ4v) is 4.71. The molecule has 4 heteroatoms. The van der Waals surface area contributed by atoms with Crippen molar-refractivity contribution >= 4 is 21.9 Å². The molecule has 150 valence electrons. The molecule has 5 rings (SSSR count). The number of hydrogen-bond donors (Lipinski definition) is 0. The molecule has 0 N–H and O–H groups in total. The van der Waals surface area contributed by atoms with E-state index in [1.807, 2.05) is 19.9 Å². The summed E-state index contributed by atoms with van der Waals surface area (Å²) in [5.41, 5.74) is 8.18. The second-order valence-corrected chi connectivity index (χ2v) is 9.11. The average molecular weight is 397 g/mol. The number of aryl methyl sites for hydroxylation is 3. The number of rotatable bonds is 2. The molecule has 4 aromatic rings. The molecule has 1 aliphatic heterocycles. The van der Waals surface area contributed by atoms with Gasteiger partial charge >= 0.3 is 0 Å². The molecular weight excluding hydrogens is 372 g/mol. The van der Waals surface area contributed by atoms with Crippen LogP contribution in [0.2, 0.25) is 0 Å². The minimum atomic E-state index is -0.555. The van der Waals surface area contributed by atoms with Crippen LogP contribution in [0.15, 0.2) is 34.9 Å². The van der Waals surface area contributed by atoms with Crippen molar-refractivity contribution in [3.05, 3.63) is 64.2 Å². The van der Waals surface area contributed by atoms with Gasteiger partial charge in [-0.2, -0.15) is 4.57 Å². The highest BCUT2D eigenvalue weighted by atomic mass is 16.5. The van der Waals surface area contributed by atoms with Gasteiger partial charge in [0.2, 0.25) is 16.9 Å². The third kappa shape index (κ3) is 2.48. The lowest BCUT2D eigenvalue weighted by molar-refractivity contribution is -0.633. The molecule has 0 bridgehead atoms. The normalized spacial score (nSPS) is 12.7. The Hall–Kier alpha value is -3.32. The Morgan fingerprint density at radius 1 is 1.13 bits per heavy atom. The zero-order chi connectivity index (χ0) is 21.4. The van der Waals surface area contributed by atoms with Crippen LogP contribution in [0.25, 0.3) is 38.0 Å². The average Bonchev–Trinajstić information content (AvgIpc) is 3.18. The van der Waals surface area contributed by atoms with Crippen LogP contribution in [0.3, 0.4) is 0 Å². The summed E-state index contributed by atoms with van der Waals surface area (Å²) in [6, 6.07) is 8.58. The quantitative estimate of drug-likeness (QED) is 0.257. The van der Waals surface area contributed by atoms with Gasteiger partial charge in [-0.1, -0.05) is 12.1 Å². The Kier molecular flexibility index (Phi) is 3.79. The van der Waals surface area contributed by atoms with Crippen LogP contribution in [0.1, 0.15) is 36.1 Å². The zero-order valence-corrected chi connectivity index (χ0v) is 18.3. The maximum atomic E-state index is 7.66. The van der Waals surface area contributed by atoms with E-state index < -0.39 is 5.54 Å². The minimum Gasteiger partial charge on any atom is -0.457 e. The fourth-order valence-electron chi connectivity index (χ4n) is 4.71. The van der Waals surface area contributed by atoms with E-state index in [4.69, 9.17) is 15.7 Å². The second kappa shape index (κ2) is 6.09. The summed E-state index contributed by atoms with van der Waals surface area (Å²) in [4.78, 5) is 3.85. The summed E-state index contributed by atoms with van der Waals surface area (Å²) in [6.45, 7) is 18.0. The molecule has 0 atom stereocenters. The van der Waals surface area contributed by atoms with E-state index >= 15 is 0 Å². The van der Waals surface area contributed by atoms with E-state index in [1.165, 1.54) is 27.6 Å². The topological polar surface area (TPSA) is 30.6 Å². The van der Waals surface area contributed by atoms with Crippen LogP contribution < -0.4 is 9.30 Å². The fraction of sp³-hybridized carbons (Fsp3) is 0.308. The van der Waals surface area contributed by atoms with Gasteiger partial charge in [-0.15, -0.1) is 0 Å². The zero-order valence-electron chi connectivity index (χ0n) is 18.3. The molecule has 0 saturated heterocycles. The van der Waals surface area contributed by atoms with Gasteiger partial charge in [0.1, 0.15) is 12.8 Å². The maximum absolute atomic E-state index is 7.66. The van der Waals surface area contributed by atoms with Crippen molar-refractivity contribution in [1.82, 2.24) is 0 Å². The summed E-state index contributed by atoms with van der Waals surface area (Å²) < 4.78 is 14.7. The second-order valence-electron chi connectivity index (χ2n) is 9.11. The lowest BCUT2D eigenvalue weighted by atomic mass is 9.87. The maximum Gasteiger partial charge on any atom is 0.257 e. The van der Waals surface area contributed by atoms with Crippen LogP contribution in [0.5, 0.6) is 11.5 Å². The molecule has 30 heavy (non-hydrogen) atoms. The SMILES string of the molecule is [C-]#[N+]C(C)(C)Cc1c2c([n+](C)c3ccoc13)-c1c(C)c(C)cc3cc(C)cc(c13)O2. The van der Waals surface area contributed by atoms with Crippen LogP contribution in [-0.2, 0) is 13.5 Å². The first-order valence-corrected chi connectivity index (χ1v) is 10.3. The number of fused-ring (bicyclic) bond motifs is 3. The van der Waals surface area contributed by atoms with Gasteiger partial charge in [0.15, 0.2) is 0 Å². The molecule has 0 saturated carbocycles. The van der Waals surface area contributed by atoms with Gasteiger partial charge in [-0.3, -0.25) is 0 Å². The Labute approximate surface area is 176 Å². The number of benzene rings is 2. The van der Waals surface area contributed by atoms with Crippen molar-refractivity contribution in [1.29, 1.82) is 0 Å². The Bertz CT molecular complexity index is 1420. The summed E-state index contributed by atoms with van der Waals surface area (Å²) >= 11 is 0. The van der Waals surface area contributed by atoms with Crippen LogP contribution in [0.4, 0.5) is 0 Å². The first kappa shape index (κ1) is 18.7. The van der Waals surface area contributed by atoms with Crippen molar-refractivity contribution in [2.24, 2.45) is 7.05 Å². The monoisotopic (exact) mass is 397 g/mol. The standard InChI is InChI=1S/C26H25N2O2/c1-14-10-17-12-15(2)16(3)21-22(17)20(11-14)30-25-18(13-26(4,5)27-6)24-19(8-9-29-24)28(7)23(21)25/h8-12H,13H2,1-5,7H3/q+1. The molecule has 4 nitrogen and oxygen atoms in total. The first-order valence-electron chi connectivity index (χ1n) is 10.3. The van der Waals surface area contributed by atoms with Crippen LogP contribution in [0, 0.1) is 27.3 Å². The van der Waals surface area contributed by atoms with Gasteiger partial charge < -0.3 is 14.0 Å². The third-order valence-corrected chi connectivity index (χ3v) is 6.33. The third-order valence-electron chi connectivity index (χ3n) is 6.33. The number of aromatic nitrogens is 1. The number of hydrogen-bond acceptors (Lipinski definition) is 2. The highest BCUT2D eigenvalue weighted by Crippen LogP contribution is 2.50. The molecule has 1 aliphatic rings. The van der Waals surface area contributed by atoms with Crippen molar-refractivity contribution in [2.75, 3.05) is 0 Å². The van der Waals surface area contributed by atoms with E-state index in [-0.39, 0.29) is 0 Å². The molecule has 2 aromatic carbocycles. The highest BCUT2D eigenvalue weighted by Gasteiger charge is 2.38. The Balaban J connectivity index is 1.98. The molecule has 0 spiro atoms. The molecule has 0 unspecified atom stereocenters. The summed E-state index contributed by atoms with van der Waals surface area (Å²) in [5.74, 6) is 1.69. The smallest absolute Gasteiger partial charge is 0.257 e. The van der Waals surface area contributed by atoms with Gasteiger partial charge in [-0.05, 0) is 48.9 Å². The lowest BCUT2D eigenvalue weighted by Crippen LogP contribution is -2.34. The van der Waals surface area contributed by atoms with E-state index in [0.717, 1.165) is 39.2 Å². The van der Waals surface area contributed by atoms with Gasteiger partial charge in [0.25, 0.3) is 11.2 Å².